The minimum Gasteiger partial charge on any atom is -0.504 e. The molecular formula is C7H6O8S. The Balaban J connectivity index is 3.11. The molecule has 8 nitrogen and oxygen atoms in total. The molecule has 0 amide bonds. The van der Waals surface area contributed by atoms with Crippen LogP contribution in [0.2, 0.25) is 0 Å². The van der Waals surface area contributed by atoms with Gasteiger partial charge in [-0.3, -0.25) is 4.55 Å². The zero-order valence-electron chi connectivity index (χ0n) is 7.48. The van der Waals surface area contributed by atoms with Crippen LogP contribution in [-0.2, 0) is 14.6 Å². The van der Waals surface area contributed by atoms with E-state index in [1.54, 1.807) is 0 Å². The molecule has 0 bridgehead atoms. The van der Waals surface area contributed by atoms with Crippen LogP contribution in [0, 0.1) is 0 Å². The molecule has 0 aliphatic carbocycles. The number of aromatic hydroxyl groups is 3. The van der Waals surface area contributed by atoms with Crippen LogP contribution in [-0.4, -0.2) is 34.3 Å². The fraction of sp³-hybridized carbons (Fsp3) is 0. The van der Waals surface area contributed by atoms with Gasteiger partial charge in [-0.15, -0.1) is 0 Å². The highest BCUT2D eigenvalue weighted by molar-refractivity contribution is 7.81. The molecule has 16 heavy (non-hydrogen) atoms. The SMILES string of the molecule is O=C(OS(=O)(=O)O)c1cc(O)c(O)c(O)c1. The summed E-state index contributed by atoms with van der Waals surface area (Å²) >= 11 is 0. The second-order valence-corrected chi connectivity index (χ2v) is 3.68. The number of hydrogen-bond acceptors (Lipinski definition) is 7. The molecule has 0 radical (unpaired) electrons. The van der Waals surface area contributed by atoms with E-state index in [0.29, 0.717) is 12.1 Å². The Labute approximate surface area is 89.3 Å². The first-order chi connectivity index (χ1) is 7.20. The molecule has 0 fully saturated rings. The normalized spacial score (nSPS) is 11.1. The predicted molar refractivity (Wildman–Crippen MR) is 48.4 cm³/mol. The predicted octanol–water partition coefficient (Wildman–Crippen LogP) is -0.237. The monoisotopic (exact) mass is 250 g/mol. The first-order valence-corrected chi connectivity index (χ1v) is 5.03. The number of carbonyl (C=O) groups excluding carboxylic acids is 1. The fourth-order valence-corrected chi connectivity index (χ4v) is 1.15. The molecule has 0 saturated carbocycles. The minimum absolute atomic E-state index is 0.564. The van der Waals surface area contributed by atoms with Crippen molar-refractivity contribution in [2.45, 2.75) is 0 Å². The highest BCUT2D eigenvalue weighted by Gasteiger charge is 2.19. The zero-order chi connectivity index (χ0) is 12.5. The first-order valence-electron chi connectivity index (χ1n) is 3.67. The highest BCUT2D eigenvalue weighted by Crippen LogP contribution is 2.35. The number of phenolic OH excluding ortho intramolecular Hbond substituents is 3. The molecule has 0 aromatic heterocycles. The lowest BCUT2D eigenvalue weighted by molar-refractivity contribution is 0.0726. The number of carbonyl (C=O) groups is 1. The largest absolute Gasteiger partial charge is 0.504 e. The van der Waals surface area contributed by atoms with E-state index in [2.05, 4.69) is 4.18 Å². The van der Waals surface area contributed by atoms with Crippen molar-refractivity contribution in [1.82, 2.24) is 0 Å². The van der Waals surface area contributed by atoms with Gasteiger partial charge in [0.15, 0.2) is 17.2 Å². The molecule has 1 aromatic rings. The fourth-order valence-electron chi connectivity index (χ4n) is 0.866. The van der Waals surface area contributed by atoms with Crippen LogP contribution < -0.4 is 0 Å². The molecule has 0 atom stereocenters. The Morgan fingerprint density at radius 2 is 1.56 bits per heavy atom. The van der Waals surface area contributed by atoms with Crippen molar-refractivity contribution in [3.05, 3.63) is 17.7 Å². The minimum atomic E-state index is -4.98. The average Bonchev–Trinajstić information content (AvgIpc) is 2.10. The van der Waals surface area contributed by atoms with Gasteiger partial charge in [-0.2, -0.15) is 8.42 Å². The molecule has 1 aromatic carbocycles. The van der Waals surface area contributed by atoms with Gasteiger partial charge in [0.25, 0.3) is 0 Å². The summed E-state index contributed by atoms with van der Waals surface area (Å²) in [6, 6.07) is 1.31. The van der Waals surface area contributed by atoms with Crippen LogP contribution in [0.15, 0.2) is 12.1 Å². The van der Waals surface area contributed by atoms with Gasteiger partial charge >= 0.3 is 16.4 Å². The summed E-state index contributed by atoms with van der Waals surface area (Å²) in [5.74, 6) is -4.08. The third-order valence-corrected chi connectivity index (χ3v) is 1.85. The van der Waals surface area contributed by atoms with Gasteiger partial charge in [-0.05, 0) is 12.1 Å². The summed E-state index contributed by atoms with van der Waals surface area (Å²) in [4.78, 5) is 11.0. The molecule has 9 heteroatoms. The molecule has 0 saturated heterocycles. The average molecular weight is 250 g/mol. The summed E-state index contributed by atoms with van der Waals surface area (Å²) in [7, 11) is -4.98. The molecular weight excluding hydrogens is 244 g/mol. The van der Waals surface area contributed by atoms with Gasteiger partial charge in [-0.1, -0.05) is 0 Å². The van der Waals surface area contributed by atoms with Crippen LogP contribution in [0.1, 0.15) is 10.4 Å². The number of phenols is 3. The van der Waals surface area contributed by atoms with Crippen LogP contribution >= 0.6 is 0 Å². The zero-order valence-corrected chi connectivity index (χ0v) is 8.30. The summed E-state index contributed by atoms with van der Waals surface area (Å²) in [6.07, 6.45) is 0. The summed E-state index contributed by atoms with van der Waals surface area (Å²) in [6.45, 7) is 0. The van der Waals surface area contributed by atoms with Crippen LogP contribution in [0.25, 0.3) is 0 Å². The van der Waals surface area contributed by atoms with E-state index in [9.17, 15) is 13.2 Å². The molecule has 0 aliphatic rings. The van der Waals surface area contributed by atoms with Crippen molar-refractivity contribution >= 4 is 16.4 Å². The van der Waals surface area contributed by atoms with E-state index in [1.165, 1.54) is 0 Å². The quantitative estimate of drug-likeness (QED) is 0.416. The summed E-state index contributed by atoms with van der Waals surface area (Å²) < 4.78 is 32.1. The van der Waals surface area contributed by atoms with Crippen molar-refractivity contribution in [3.63, 3.8) is 0 Å². The molecule has 0 aliphatic heterocycles. The van der Waals surface area contributed by atoms with Crippen molar-refractivity contribution in [3.8, 4) is 17.2 Å². The summed E-state index contributed by atoms with van der Waals surface area (Å²) in [5.41, 5.74) is -0.564. The van der Waals surface area contributed by atoms with Crippen LogP contribution in [0.5, 0.6) is 17.2 Å². The third kappa shape index (κ3) is 2.74. The Kier molecular flexibility index (Phi) is 2.92. The second-order valence-electron chi connectivity index (χ2n) is 2.66. The molecule has 88 valence electrons. The van der Waals surface area contributed by atoms with Gasteiger partial charge in [-0.25, -0.2) is 4.79 Å². The highest BCUT2D eigenvalue weighted by atomic mass is 32.3. The van der Waals surface area contributed by atoms with Crippen molar-refractivity contribution in [2.24, 2.45) is 0 Å². The number of benzene rings is 1. The van der Waals surface area contributed by atoms with E-state index < -0.39 is 39.2 Å². The smallest absolute Gasteiger partial charge is 0.449 e. The Morgan fingerprint density at radius 1 is 1.12 bits per heavy atom. The maximum atomic E-state index is 11.0. The van der Waals surface area contributed by atoms with Crippen molar-refractivity contribution in [2.75, 3.05) is 0 Å². The van der Waals surface area contributed by atoms with E-state index in [-0.39, 0.29) is 0 Å². The topological polar surface area (TPSA) is 141 Å². The maximum Gasteiger partial charge on any atom is 0.449 e. The van der Waals surface area contributed by atoms with E-state index in [1.807, 2.05) is 0 Å². The van der Waals surface area contributed by atoms with Crippen molar-refractivity contribution < 1.29 is 37.3 Å². The Hall–Kier alpha value is -2.00. The number of rotatable bonds is 2. The van der Waals surface area contributed by atoms with Gasteiger partial charge in [0.05, 0.1) is 5.56 Å². The van der Waals surface area contributed by atoms with Crippen LogP contribution in [0.4, 0.5) is 0 Å². The van der Waals surface area contributed by atoms with E-state index >= 15 is 0 Å². The standard InChI is InChI=1S/C7H6O8S/c8-4-1-3(2-5(9)6(4)10)7(11)15-16(12,13)14/h1-2,8-10H,(H,12,13,14). The maximum absolute atomic E-state index is 11.0. The van der Waals surface area contributed by atoms with Gasteiger partial charge < -0.3 is 19.5 Å². The van der Waals surface area contributed by atoms with Crippen LogP contribution in [0.3, 0.4) is 0 Å². The Morgan fingerprint density at radius 3 is 1.94 bits per heavy atom. The first kappa shape index (κ1) is 12.1. The third-order valence-electron chi connectivity index (χ3n) is 1.49. The van der Waals surface area contributed by atoms with E-state index in [4.69, 9.17) is 19.9 Å². The molecule has 0 spiro atoms. The van der Waals surface area contributed by atoms with Gasteiger partial charge in [0.1, 0.15) is 0 Å². The van der Waals surface area contributed by atoms with Gasteiger partial charge in [0.2, 0.25) is 0 Å². The van der Waals surface area contributed by atoms with E-state index in [0.717, 1.165) is 0 Å². The molecule has 4 N–H and O–H groups in total. The molecule has 0 heterocycles. The lowest BCUT2D eigenvalue weighted by Gasteiger charge is -2.04. The summed E-state index contributed by atoms with van der Waals surface area (Å²) in [5, 5.41) is 26.9. The molecule has 0 unspecified atom stereocenters. The second kappa shape index (κ2) is 3.87. The van der Waals surface area contributed by atoms with Crippen molar-refractivity contribution in [1.29, 1.82) is 0 Å². The lowest BCUT2D eigenvalue weighted by atomic mass is 10.2. The van der Waals surface area contributed by atoms with Gasteiger partial charge in [0, 0.05) is 0 Å². The lowest BCUT2D eigenvalue weighted by Crippen LogP contribution is -2.11. The molecule has 1 rings (SSSR count). The Bertz CT molecular complexity index is 508. The number of hydrogen-bond donors (Lipinski definition) is 4.